The van der Waals surface area contributed by atoms with Gasteiger partial charge in [-0.15, -0.1) is 0 Å². The van der Waals surface area contributed by atoms with Crippen molar-refractivity contribution >= 4 is 0 Å². The molecule has 2 atom stereocenters. The molecule has 1 saturated carbocycles. The summed E-state index contributed by atoms with van der Waals surface area (Å²) >= 11 is 0. The number of aliphatic hydroxyl groups is 1. The van der Waals surface area contributed by atoms with Gasteiger partial charge in [0.2, 0.25) is 0 Å². The molecule has 0 bridgehead atoms. The predicted octanol–water partition coefficient (Wildman–Crippen LogP) is 3.99. The summed E-state index contributed by atoms with van der Waals surface area (Å²) in [4.78, 5) is 0. The highest BCUT2D eigenvalue weighted by Gasteiger charge is 2.47. The molecule has 1 aliphatic rings. The van der Waals surface area contributed by atoms with E-state index >= 15 is 0 Å². The molecule has 2 unspecified atom stereocenters. The Bertz CT molecular complexity index is 479. The smallest absolute Gasteiger partial charge is 0.161 e. The van der Waals surface area contributed by atoms with E-state index in [1.165, 1.54) is 5.56 Å². The number of rotatable bonds is 6. The van der Waals surface area contributed by atoms with Crippen LogP contribution in [0.15, 0.2) is 18.2 Å². The highest BCUT2D eigenvalue weighted by atomic mass is 16.5. The van der Waals surface area contributed by atoms with Gasteiger partial charge in [0.15, 0.2) is 11.5 Å². The zero-order valence-electron chi connectivity index (χ0n) is 13.8. The van der Waals surface area contributed by atoms with Crippen molar-refractivity contribution in [3.8, 4) is 11.5 Å². The van der Waals surface area contributed by atoms with Crippen LogP contribution in [-0.2, 0) is 0 Å². The zero-order chi connectivity index (χ0) is 15.6. The second-order valence-electron chi connectivity index (χ2n) is 7.07. The highest BCUT2D eigenvalue weighted by Crippen LogP contribution is 2.53. The summed E-state index contributed by atoms with van der Waals surface area (Å²) in [5, 5.41) is 9.90. The third-order valence-corrected chi connectivity index (χ3v) is 4.76. The van der Waals surface area contributed by atoms with Crippen LogP contribution in [0.1, 0.15) is 52.0 Å². The van der Waals surface area contributed by atoms with Crippen LogP contribution in [0.4, 0.5) is 0 Å². The molecule has 0 heterocycles. The van der Waals surface area contributed by atoms with E-state index in [-0.39, 0.29) is 11.5 Å². The molecule has 1 aromatic carbocycles. The SMILES string of the molecule is COc1cc(C2CC(O)C2(C)C)ccc1OCCC(C)C. The van der Waals surface area contributed by atoms with Crippen molar-refractivity contribution in [1.82, 2.24) is 0 Å². The van der Waals surface area contributed by atoms with Crippen LogP contribution in [0.2, 0.25) is 0 Å². The lowest BCUT2D eigenvalue weighted by atomic mass is 9.58. The minimum Gasteiger partial charge on any atom is -0.493 e. The first-order chi connectivity index (χ1) is 9.86. The molecule has 1 aliphatic carbocycles. The zero-order valence-corrected chi connectivity index (χ0v) is 13.8. The minimum absolute atomic E-state index is 0.0645. The van der Waals surface area contributed by atoms with Gasteiger partial charge in [-0.1, -0.05) is 33.8 Å². The Balaban J connectivity index is 2.10. The number of aliphatic hydroxyl groups excluding tert-OH is 1. The Morgan fingerprint density at radius 3 is 2.52 bits per heavy atom. The van der Waals surface area contributed by atoms with Crippen molar-refractivity contribution in [2.24, 2.45) is 11.3 Å². The van der Waals surface area contributed by atoms with Gasteiger partial charge in [0.25, 0.3) is 0 Å². The summed E-state index contributed by atoms with van der Waals surface area (Å²) in [6, 6.07) is 6.16. The Morgan fingerprint density at radius 1 is 1.29 bits per heavy atom. The van der Waals surface area contributed by atoms with Crippen molar-refractivity contribution in [2.75, 3.05) is 13.7 Å². The van der Waals surface area contributed by atoms with E-state index in [0.29, 0.717) is 18.4 Å². The minimum atomic E-state index is -0.213. The fourth-order valence-corrected chi connectivity index (χ4v) is 2.89. The van der Waals surface area contributed by atoms with E-state index in [2.05, 4.69) is 39.8 Å². The Labute approximate surface area is 128 Å². The van der Waals surface area contributed by atoms with E-state index < -0.39 is 0 Å². The lowest BCUT2D eigenvalue weighted by Gasteiger charge is -2.49. The number of ether oxygens (including phenoxy) is 2. The molecule has 0 aliphatic heterocycles. The second-order valence-corrected chi connectivity index (χ2v) is 7.07. The van der Waals surface area contributed by atoms with E-state index in [9.17, 15) is 5.11 Å². The first-order valence-corrected chi connectivity index (χ1v) is 7.85. The summed E-state index contributed by atoms with van der Waals surface area (Å²) in [5.41, 5.74) is 1.16. The van der Waals surface area contributed by atoms with Gasteiger partial charge in [0.05, 0.1) is 19.8 Å². The van der Waals surface area contributed by atoms with Crippen molar-refractivity contribution in [2.45, 2.75) is 52.6 Å². The predicted molar refractivity (Wildman–Crippen MR) is 85.1 cm³/mol. The highest BCUT2D eigenvalue weighted by molar-refractivity contribution is 5.45. The van der Waals surface area contributed by atoms with E-state index in [1.807, 2.05) is 6.07 Å². The van der Waals surface area contributed by atoms with Gasteiger partial charge in [-0.05, 0) is 47.8 Å². The van der Waals surface area contributed by atoms with Crippen molar-refractivity contribution < 1.29 is 14.6 Å². The third kappa shape index (κ3) is 3.34. The molecule has 0 spiro atoms. The van der Waals surface area contributed by atoms with Gasteiger partial charge in [0.1, 0.15) is 0 Å². The Morgan fingerprint density at radius 2 is 2.00 bits per heavy atom. The van der Waals surface area contributed by atoms with Crippen LogP contribution < -0.4 is 9.47 Å². The van der Waals surface area contributed by atoms with Crippen LogP contribution in [0.5, 0.6) is 11.5 Å². The van der Waals surface area contributed by atoms with E-state index in [4.69, 9.17) is 9.47 Å². The van der Waals surface area contributed by atoms with Gasteiger partial charge in [0, 0.05) is 0 Å². The number of hydrogen-bond acceptors (Lipinski definition) is 3. The molecule has 1 N–H and O–H groups in total. The standard InChI is InChI=1S/C18H28O3/c1-12(2)8-9-21-15-7-6-13(10-16(15)20-5)14-11-17(19)18(14,3)4/h6-7,10,12,14,17,19H,8-9,11H2,1-5H3. The monoisotopic (exact) mass is 292 g/mol. The van der Waals surface area contributed by atoms with Gasteiger partial charge >= 0.3 is 0 Å². The number of benzene rings is 1. The molecule has 0 aromatic heterocycles. The normalized spacial score (nSPS) is 23.8. The molecule has 0 radical (unpaired) electrons. The van der Waals surface area contributed by atoms with Crippen LogP contribution in [0, 0.1) is 11.3 Å². The maximum atomic E-state index is 9.90. The molecule has 3 heteroatoms. The molecule has 1 fully saturated rings. The average Bonchev–Trinajstić information content (AvgIpc) is 2.44. The van der Waals surface area contributed by atoms with Gasteiger partial charge in [-0.25, -0.2) is 0 Å². The first-order valence-electron chi connectivity index (χ1n) is 7.85. The van der Waals surface area contributed by atoms with Gasteiger partial charge < -0.3 is 14.6 Å². The average molecular weight is 292 g/mol. The molecule has 0 saturated heterocycles. The molecule has 0 amide bonds. The molecule has 21 heavy (non-hydrogen) atoms. The number of methoxy groups -OCH3 is 1. The third-order valence-electron chi connectivity index (χ3n) is 4.76. The summed E-state index contributed by atoms with van der Waals surface area (Å²) in [6.45, 7) is 9.32. The fraction of sp³-hybridized carbons (Fsp3) is 0.667. The van der Waals surface area contributed by atoms with Crippen LogP contribution >= 0.6 is 0 Å². The summed E-state index contributed by atoms with van der Waals surface area (Å²) in [7, 11) is 1.68. The molecular formula is C18H28O3. The topological polar surface area (TPSA) is 38.7 Å². The molecule has 1 aromatic rings. The Hall–Kier alpha value is -1.22. The largest absolute Gasteiger partial charge is 0.493 e. The second kappa shape index (κ2) is 6.27. The summed E-state index contributed by atoms with van der Waals surface area (Å²) < 4.78 is 11.3. The maximum Gasteiger partial charge on any atom is 0.161 e. The Kier molecular flexibility index (Phi) is 4.82. The van der Waals surface area contributed by atoms with E-state index in [0.717, 1.165) is 24.3 Å². The van der Waals surface area contributed by atoms with Crippen molar-refractivity contribution in [1.29, 1.82) is 0 Å². The lowest BCUT2D eigenvalue weighted by molar-refractivity contribution is -0.0626. The van der Waals surface area contributed by atoms with E-state index in [1.54, 1.807) is 7.11 Å². The van der Waals surface area contributed by atoms with Crippen LogP contribution in [0.3, 0.4) is 0 Å². The summed E-state index contributed by atoms with van der Waals surface area (Å²) in [6.07, 6.45) is 1.65. The molecular weight excluding hydrogens is 264 g/mol. The maximum absolute atomic E-state index is 9.90. The van der Waals surface area contributed by atoms with Crippen molar-refractivity contribution in [3.05, 3.63) is 23.8 Å². The molecule has 118 valence electrons. The summed E-state index contributed by atoms with van der Waals surface area (Å²) in [5.74, 6) is 2.60. The molecule has 2 rings (SSSR count). The first kappa shape index (κ1) is 16.2. The van der Waals surface area contributed by atoms with Crippen LogP contribution in [0.25, 0.3) is 0 Å². The van der Waals surface area contributed by atoms with Gasteiger partial charge in [-0.2, -0.15) is 0 Å². The molecule has 3 nitrogen and oxygen atoms in total. The van der Waals surface area contributed by atoms with Crippen molar-refractivity contribution in [3.63, 3.8) is 0 Å². The fourth-order valence-electron chi connectivity index (χ4n) is 2.89. The van der Waals surface area contributed by atoms with Gasteiger partial charge in [-0.3, -0.25) is 0 Å². The quantitative estimate of drug-likeness (QED) is 0.861. The lowest BCUT2D eigenvalue weighted by Crippen LogP contribution is -2.47. The van der Waals surface area contributed by atoms with Crippen LogP contribution in [-0.4, -0.2) is 24.9 Å². The number of hydrogen-bond donors (Lipinski definition) is 1.